The first-order valence-electron chi connectivity index (χ1n) is 7.22. The highest BCUT2D eigenvalue weighted by molar-refractivity contribution is 5.77. The number of nitrogens with zero attached hydrogens (tertiary/aromatic N) is 2. The van der Waals surface area contributed by atoms with E-state index in [1.165, 1.54) is 0 Å². The summed E-state index contributed by atoms with van der Waals surface area (Å²) in [6.45, 7) is 11.2. The summed E-state index contributed by atoms with van der Waals surface area (Å²) in [7, 11) is 0. The Bertz CT molecular complexity index is 674. The lowest BCUT2D eigenvalue weighted by Crippen LogP contribution is -2.23. The molecule has 0 aliphatic rings. The maximum absolute atomic E-state index is 12.3. The van der Waals surface area contributed by atoms with E-state index in [0.29, 0.717) is 13.1 Å². The fourth-order valence-corrected chi connectivity index (χ4v) is 2.62. The van der Waals surface area contributed by atoms with Gasteiger partial charge in [-0.2, -0.15) is 0 Å². The summed E-state index contributed by atoms with van der Waals surface area (Å²) in [5, 5.41) is 10.4. The Morgan fingerprint density at radius 1 is 1.10 bits per heavy atom. The SMILES string of the molecule is CCn1c(=O)n(CC)c2cc(C(O)C(C)(C)C)ccc21. The van der Waals surface area contributed by atoms with E-state index in [-0.39, 0.29) is 11.1 Å². The fourth-order valence-electron chi connectivity index (χ4n) is 2.62. The van der Waals surface area contributed by atoms with Crippen molar-refractivity contribution in [2.45, 2.75) is 53.8 Å². The third-order valence-electron chi connectivity index (χ3n) is 3.81. The minimum Gasteiger partial charge on any atom is -0.388 e. The van der Waals surface area contributed by atoms with Crippen molar-refractivity contribution in [3.05, 3.63) is 34.2 Å². The molecule has 2 rings (SSSR count). The van der Waals surface area contributed by atoms with Gasteiger partial charge in [0.1, 0.15) is 0 Å². The quantitative estimate of drug-likeness (QED) is 0.937. The molecular weight excluding hydrogens is 252 g/mol. The van der Waals surface area contributed by atoms with Crippen LogP contribution in [0.1, 0.15) is 46.3 Å². The minimum absolute atomic E-state index is 0.0207. The molecule has 1 N–H and O–H groups in total. The molecule has 0 fully saturated rings. The van der Waals surface area contributed by atoms with Gasteiger partial charge in [-0.3, -0.25) is 9.13 Å². The van der Waals surface area contributed by atoms with Crippen LogP contribution in [0, 0.1) is 5.41 Å². The molecule has 1 unspecified atom stereocenters. The lowest BCUT2D eigenvalue weighted by molar-refractivity contribution is 0.0628. The number of fused-ring (bicyclic) bond motifs is 1. The highest BCUT2D eigenvalue weighted by Gasteiger charge is 2.24. The molecule has 0 saturated carbocycles. The summed E-state index contributed by atoms with van der Waals surface area (Å²) in [5.74, 6) is 0. The smallest absolute Gasteiger partial charge is 0.329 e. The van der Waals surface area contributed by atoms with Crippen molar-refractivity contribution >= 4 is 11.0 Å². The van der Waals surface area contributed by atoms with Crippen LogP contribution in [0.2, 0.25) is 0 Å². The van der Waals surface area contributed by atoms with Gasteiger partial charge in [0.2, 0.25) is 0 Å². The number of aliphatic hydroxyl groups is 1. The average Bonchev–Trinajstić information content (AvgIpc) is 2.66. The van der Waals surface area contributed by atoms with Gasteiger partial charge in [0.25, 0.3) is 0 Å². The number of aryl methyl sites for hydroxylation is 2. The largest absolute Gasteiger partial charge is 0.388 e. The van der Waals surface area contributed by atoms with E-state index in [9.17, 15) is 9.90 Å². The van der Waals surface area contributed by atoms with E-state index in [4.69, 9.17) is 0 Å². The summed E-state index contributed by atoms with van der Waals surface area (Å²) in [6, 6.07) is 5.81. The zero-order chi connectivity index (χ0) is 15.1. The van der Waals surface area contributed by atoms with Gasteiger partial charge < -0.3 is 5.11 Å². The van der Waals surface area contributed by atoms with E-state index in [2.05, 4.69) is 0 Å². The van der Waals surface area contributed by atoms with Crippen molar-refractivity contribution < 1.29 is 5.11 Å². The normalized spacial score (nSPS) is 13.9. The molecule has 0 spiro atoms. The predicted octanol–water partition coefficient (Wildman–Crippen LogP) is 2.92. The Morgan fingerprint density at radius 2 is 1.65 bits per heavy atom. The Morgan fingerprint density at radius 3 is 2.15 bits per heavy atom. The summed E-state index contributed by atoms with van der Waals surface area (Å²) in [4.78, 5) is 12.3. The highest BCUT2D eigenvalue weighted by atomic mass is 16.3. The zero-order valence-corrected chi connectivity index (χ0v) is 13.0. The second-order valence-electron chi connectivity index (χ2n) is 6.29. The Hall–Kier alpha value is -1.55. The number of aromatic nitrogens is 2. The van der Waals surface area contributed by atoms with Crippen molar-refractivity contribution in [1.82, 2.24) is 9.13 Å². The van der Waals surface area contributed by atoms with Crippen LogP contribution in [0.4, 0.5) is 0 Å². The molecular formula is C16H24N2O2. The lowest BCUT2D eigenvalue weighted by Gasteiger charge is -2.26. The minimum atomic E-state index is -0.544. The zero-order valence-electron chi connectivity index (χ0n) is 13.0. The molecule has 2 aromatic rings. The van der Waals surface area contributed by atoms with Gasteiger partial charge in [-0.15, -0.1) is 0 Å². The van der Waals surface area contributed by atoms with Crippen molar-refractivity contribution in [1.29, 1.82) is 0 Å². The van der Waals surface area contributed by atoms with Gasteiger partial charge in [-0.1, -0.05) is 26.8 Å². The molecule has 0 saturated heterocycles. The van der Waals surface area contributed by atoms with Gasteiger partial charge >= 0.3 is 5.69 Å². The summed E-state index contributed by atoms with van der Waals surface area (Å²) < 4.78 is 3.53. The molecule has 4 heteroatoms. The van der Waals surface area contributed by atoms with Crippen molar-refractivity contribution in [2.75, 3.05) is 0 Å². The number of hydrogen-bond donors (Lipinski definition) is 1. The fraction of sp³-hybridized carbons (Fsp3) is 0.562. The van der Waals surface area contributed by atoms with Crippen LogP contribution >= 0.6 is 0 Å². The van der Waals surface area contributed by atoms with Crippen LogP contribution in [-0.4, -0.2) is 14.2 Å². The summed E-state index contributed by atoms with van der Waals surface area (Å²) >= 11 is 0. The van der Waals surface area contributed by atoms with E-state index in [1.807, 2.05) is 52.8 Å². The van der Waals surface area contributed by atoms with E-state index in [1.54, 1.807) is 9.13 Å². The van der Waals surface area contributed by atoms with E-state index < -0.39 is 6.10 Å². The molecule has 0 amide bonds. The molecule has 0 radical (unpaired) electrons. The van der Waals surface area contributed by atoms with Crippen LogP contribution in [0.25, 0.3) is 11.0 Å². The number of aliphatic hydroxyl groups excluding tert-OH is 1. The Labute approximate surface area is 119 Å². The molecule has 1 heterocycles. The first-order valence-corrected chi connectivity index (χ1v) is 7.22. The molecule has 0 aliphatic carbocycles. The third kappa shape index (κ3) is 2.29. The molecule has 1 atom stereocenters. The van der Waals surface area contributed by atoms with Crippen LogP contribution in [0.15, 0.2) is 23.0 Å². The van der Waals surface area contributed by atoms with Crippen LogP contribution in [-0.2, 0) is 13.1 Å². The van der Waals surface area contributed by atoms with E-state index in [0.717, 1.165) is 16.6 Å². The van der Waals surface area contributed by atoms with Crippen molar-refractivity contribution in [2.24, 2.45) is 5.41 Å². The topological polar surface area (TPSA) is 47.2 Å². The molecule has 110 valence electrons. The first-order chi connectivity index (χ1) is 9.31. The third-order valence-corrected chi connectivity index (χ3v) is 3.81. The molecule has 1 aromatic carbocycles. The summed E-state index contributed by atoms with van der Waals surface area (Å²) in [5.41, 5.74) is 2.50. The second kappa shape index (κ2) is 5.09. The van der Waals surface area contributed by atoms with Gasteiger partial charge in [0, 0.05) is 13.1 Å². The van der Waals surface area contributed by atoms with Gasteiger partial charge in [-0.25, -0.2) is 4.79 Å². The lowest BCUT2D eigenvalue weighted by atomic mass is 9.85. The van der Waals surface area contributed by atoms with Crippen molar-refractivity contribution in [3.63, 3.8) is 0 Å². The second-order valence-corrected chi connectivity index (χ2v) is 6.29. The standard InChI is InChI=1S/C16H24N2O2/c1-6-17-12-9-8-11(14(19)16(3,4)5)10-13(12)18(7-2)15(17)20/h8-10,14,19H,6-7H2,1-5H3. The van der Waals surface area contributed by atoms with Crippen LogP contribution < -0.4 is 5.69 Å². The molecule has 0 bridgehead atoms. The number of rotatable bonds is 3. The van der Waals surface area contributed by atoms with Gasteiger partial charge in [0.05, 0.1) is 17.1 Å². The first kappa shape index (κ1) is 14.9. The number of imidazole rings is 1. The van der Waals surface area contributed by atoms with Crippen LogP contribution in [0.3, 0.4) is 0 Å². The monoisotopic (exact) mass is 276 g/mol. The maximum Gasteiger partial charge on any atom is 0.329 e. The average molecular weight is 276 g/mol. The Kier molecular flexibility index (Phi) is 3.78. The van der Waals surface area contributed by atoms with Crippen LogP contribution in [0.5, 0.6) is 0 Å². The predicted molar refractivity (Wildman–Crippen MR) is 82.0 cm³/mol. The van der Waals surface area contributed by atoms with Gasteiger partial charge in [-0.05, 0) is 37.0 Å². The van der Waals surface area contributed by atoms with E-state index >= 15 is 0 Å². The Balaban J connectivity index is 2.68. The van der Waals surface area contributed by atoms with Crippen molar-refractivity contribution in [3.8, 4) is 0 Å². The molecule has 0 aliphatic heterocycles. The maximum atomic E-state index is 12.3. The highest BCUT2D eigenvalue weighted by Crippen LogP contribution is 2.33. The number of hydrogen-bond acceptors (Lipinski definition) is 2. The molecule has 20 heavy (non-hydrogen) atoms. The number of benzene rings is 1. The van der Waals surface area contributed by atoms with Gasteiger partial charge in [0.15, 0.2) is 0 Å². The summed E-state index contributed by atoms with van der Waals surface area (Å²) in [6.07, 6.45) is -0.544. The molecule has 4 nitrogen and oxygen atoms in total. The molecule has 1 aromatic heterocycles.